The summed E-state index contributed by atoms with van der Waals surface area (Å²) in [5.41, 5.74) is 1.15. The van der Waals surface area contributed by atoms with Crippen LogP contribution >= 0.6 is 27.5 Å². The van der Waals surface area contributed by atoms with Crippen LogP contribution in [0.25, 0.3) is 5.78 Å². The van der Waals surface area contributed by atoms with Crippen LogP contribution in [0.3, 0.4) is 0 Å². The number of benzene rings is 1. The number of hydrogen-bond acceptors (Lipinski definition) is 5. The summed E-state index contributed by atoms with van der Waals surface area (Å²) in [6, 6.07) is 9.06. The Morgan fingerprint density at radius 2 is 2.20 bits per heavy atom. The maximum atomic E-state index is 9.14. The Labute approximate surface area is 127 Å². The summed E-state index contributed by atoms with van der Waals surface area (Å²) in [6.07, 6.45) is 1.38. The number of hydrogen-bond donors (Lipinski definition) is 1. The van der Waals surface area contributed by atoms with Crippen molar-refractivity contribution in [2.24, 2.45) is 0 Å². The highest BCUT2D eigenvalue weighted by atomic mass is 79.9. The van der Waals surface area contributed by atoms with Gasteiger partial charge in [0, 0.05) is 10.5 Å². The lowest BCUT2D eigenvalue weighted by Gasteiger charge is -2.10. The fourth-order valence-corrected chi connectivity index (χ4v) is 2.27. The molecule has 0 aliphatic heterocycles. The third-order valence-electron chi connectivity index (χ3n) is 2.59. The monoisotopic (exact) mass is 348 g/mol. The molecule has 3 rings (SSSR count). The van der Waals surface area contributed by atoms with Gasteiger partial charge >= 0.3 is 0 Å². The lowest BCUT2D eigenvalue weighted by Crippen LogP contribution is -2.02. The van der Waals surface area contributed by atoms with Crippen LogP contribution in [0.5, 0.6) is 0 Å². The Bertz CT molecular complexity index is 838. The Morgan fingerprint density at radius 3 is 3.00 bits per heavy atom. The van der Waals surface area contributed by atoms with E-state index in [4.69, 9.17) is 16.9 Å². The molecule has 0 amide bonds. The molecule has 2 aromatic heterocycles. The minimum Gasteiger partial charge on any atom is -0.339 e. The molecular formula is C12H6BrClN6. The number of nitrogens with one attached hydrogen (secondary N) is 1. The molecule has 1 aromatic carbocycles. The lowest BCUT2D eigenvalue weighted by molar-refractivity contribution is 0.947. The van der Waals surface area contributed by atoms with E-state index in [2.05, 4.69) is 42.4 Å². The first-order valence-corrected chi connectivity index (χ1v) is 6.67. The summed E-state index contributed by atoms with van der Waals surface area (Å²) < 4.78 is 2.36. The maximum absolute atomic E-state index is 9.14. The Hall–Kier alpha value is -2.17. The Kier molecular flexibility index (Phi) is 3.26. The molecule has 8 heteroatoms. The summed E-state index contributed by atoms with van der Waals surface area (Å²) in [5, 5.41) is 16.6. The van der Waals surface area contributed by atoms with Gasteiger partial charge in [-0.1, -0.05) is 27.5 Å². The van der Waals surface area contributed by atoms with Gasteiger partial charge < -0.3 is 5.32 Å². The molecule has 0 unspecified atom stereocenters. The van der Waals surface area contributed by atoms with Crippen LogP contribution in [0, 0.1) is 11.3 Å². The molecule has 0 radical (unpaired) electrons. The normalized spacial score (nSPS) is 10.4. The van der Waals surface area contributed by atoms with E-state index in [-0.39, 0.29) is 0 Å². The highest BCUT2D eigenvalue weighted by molar-refractivity contribution is 9.10. The molecule has 0 aliphatic carbocycles. The van der Waals surface area contributed by atoms with Crippen molar-refractivity contribution in [2.45, 2.75) is 0 Å². The number of halogens is 2. The third kappa shape index (κ3) is 2.31. The van der Waals surface area contributed by atoms with E-state index in [0.717, 1.165) is 4.47 Å². The maximum Gasteiger partial charge on any atom is 0.255 e. The number of nitriles is 1. The van der Waals surface area contributed by atoms with Crippen LogP contribution < -0.4 is 5.32 Å². The fraction of sp³-hybridized carbons (Fsp3) is 0. The van der Waals surface area contributed by atoms with E-state index >= 15 is 0 Å². The molecule has 0 fully saturated rings. The van der Waals surface area contributed by atoms with Crippen molar-refractivity contribution in [3.63, 3.8) is 0 Å². The predicted molar refractivity (Wildman–Crippen MR) is 77.9 cm³/mol. The van der Waals surface area contributed by atoms with E-state index in [1.54, 1.807) is 24.3 Å². The Morgan fingerprint density at radius 1 is 1.35 bits per heavy atom. The molecule has 0 aliphatic rings. The number of aromatic nitrogens is 4. The van der Waals surface area contributed by atoms with Crippen molar-refractivity contribution in [3.8, 4) is 6.07 Å². The lowest BCUT2D eigenvalue weighted by atomic mass is 10.2. The van der Waals surface area contributed by atoms with Gasteiger partial charge in [0.05, 0.1) is 11.3 Å². The summed E-state index contributed by atoms with van der Waals surface area (Å²) >= 11 is 9.32. The van der Waals surface area contributed by atoms with Crippen LogP contribution in [0.4, 0.5) is 11.5 Å². The van der Waals surface area contributed by atoms with Crippen molar-refractivity contribution in [3.05, 3.63) is 45.8 Å². The zero-order valence-electron chi connectivity index (χ0n) is 9.88. The van der Waals surface area contributed by atoms with Crippen LogP contribution in [0.1, 0.15) is 5.56 Å². The second-order valence-corrected chi connectivity index (χ2v) is 5.17. The highest BCUT2D eigenvalue weighted by Crippen LogP contribution is 2.25. The van der Waals surface area contributed by atoms with Crippen LogP contribution in [-0.2, 0) is 0 Å². The molecule has 0 bridgehead atoms. The molecule has 20 heavy (non-hydrogen) atoms. The van der Waals surface area contributed by atoms with Crippen molar-refractivity contribution in [1.29, 1.82) is 5.26 Å². The minimum atomic E-state index is 0.293. The zero-order chi connectivity index (χ0) is 14.1. The molecule has 1 N–H and O–H groups in total. The first-order valence-electron chi connectivity index (χ1n) is 5.50. The van der Waals surface area contributed by atoms with E-state index in [9.17, 15) is 0 Å². The van der Waals surface area contributed by atoms with Gasteiger partial charge in [-0.2, -0.15) is 24.8 Å². The largest absolute Gasteiger partial charge is 0.339 e. The van der Waals surface area contributed by atoms with Crippen LogP contribution in [0.15, 0.2) is 35.1 Å². The standard InChI is InChI=1S/C12H6BrClN6/c13-8-2-1-7(5-15)9(3-8)18-11-4-10(14)19-12-16-6-17-20(11)12/h1-4,6,18H. The van der Waals surface area contributed by atoms with Gasteiger partial charge in [-0.15, -0.1) is 0 Å². The van der Waals surface area contributed by atoms with Crippen LogP contribution in [0.2, 0.25) is 5.15 Å². The fourth-order valence-electron chi connectivity index (χ4n) is 1.73. The SMILES string of the molecule is N#Cc1ccc(Br)cc1Nc1cc(Cl)nc2ncnn12. The van der Waals surface area contributed by atoms with Crippen molar-refractivity contribution in [2.75, 3.05) is 5.32 Å². The summed E-state index contributed by atoms with van der Waals surface area (Å²) in [7, 11) is 0. The molecular weight excluding hydrogens is 344 g/mol. The van der Waals surface area contributed by atoms with Gasteiger partial charge in [0.2, 0.25) is 0 Å². The van der Waals surface area contributed by atoms with E-state index in [1.165, 1.54) is 10.8 Å². The molecule has 6 nitrogen and oxygen atoms in total. The summed E-state index contributed by atoms with van der Waals surface area (Å²) in [5.74, 6) is 0.959. The molecule has 0 saturated carbocycles. The molecule has 2 heterocycles. The van der Waals surface area contributed by atoms with Crippen LogP contribution in [-0.4, -0.2) is 19.6 Å². The van der Waals surface area contributed by atoms with Gasteiger partial charge in [0.1, 0.15) is 23.4 Å². The average Bonchev–Trinajstić information content (AvgIpc) is 2.87. The molecule has 0 spiro atoms. The smallest absolute Gasteiger partial charge is 0.255 e. The summed E-state index contributed by atoms with van der Waals surface area (Å²) in [4.78, 5) is 8.02. The summed E-state index contributed by atoms with van der Waals surface area (Å²) in [6.45, 7) is 0. The average molecular weight is 350 g/mol. The van der Waals surface area contributed by atoms with E-state index in [1.807, 2.05) is 0 Å². The van der Waals surface area contributed by atoms with E-state index in [0.29, 0.717) is 28.0 Å². The van der Waals surface area contributed by atoms with Crippen molar-refractivity contribution < 1.29 is 0 Å². The number of anilines is 2. The zero-order valence-corrected chi connectivity index (χ0v) is 12.2. The number of rotatable bonds is 2. The van der Waals surface area contributed by atoms with E-state index < -0.39 is 0 Å². The third-order valence-corrected chi connectivity index (χ3v) is 3.27. The Balaban J connectivity index is 2.12. The first-order chi connectivity index (χ1) is 9.67. The van der Waals surface area contributed by atoms with Gasteiger partial charge in [0.15, 0.2) is 0 Å². The van der Waals surface area contributed by atoms with Gasteiger partial charge in [0.25, 0.3) is 5.78 Å². The van der Waals surface area contributed by atoms with Crippen molar-refractivity contribution in [1.82, 2.24) is 19.6 Å². The quantitative estimate of drug-likeness (QED) is 0.719. The van der Waals surface area contributed by atoms with Gasteiger partial charge in [-0.05, 0) is 18.2 Å². The van der Waals surface area contributed by atoms with Crippen molar-refractivity contribution >= 4 is 44.8 Å². The van der Waals surface area contributed by atoms with Gasteiger partial charge in [-0.25, -0.2) is 0 Å². The molecule has 3 aromatic rings. The molecule has 0 atom stereocenters. The van der Waals surface area contributed by atoms with Gasteiger partial charge in [-0.3, -0.25) is 0 Å². The minimum absolute atomic E-state index is 0.293. The highest BCUT2D eigenvalue weighted by Gasteiger charge is 2.09. The number of nitrogens with zero attached hydrogens (tertiary/aromatic N) is 5. The number of fused-ring (bicyclic) bond motifs is 1. The molecule has 98 valence electrons. The second kappa shape index (κ2) is 5.07. The topological polar surface area (TPSA) is 78.9 Å². The molecule has 0 saturated heterocycles. The first kappa shape index (κ1) is 12.8. The predicted octanol–water partition coefficient (Wildman–Crippen LogP) is 3.16. The second-order valence-electron chi connectivity index (χ2n) is 3.86.